The Bertz CT molecular complexity index is 1150. The second-order valence-electron chi connectivity index (χ2n) is 6.45. The van der Waals surface area contributed by atoms with Gasteiger partial charge in [0.1, 0.15) is 29.7 Å². The largest absolute Gasteiger partial charge is 0.497 e. The van der Waals surface area contributed by atoms with Gasteiger partial charge in [-0.05, 0) is 54.1 Å². The summed E-state index contributed by atoms with van der Waals surface area (Å²) in [6, 6.07) is 21.6. The SMILES string of the molecule is COc1ccc(/C=C(\C#N)C(=O)Nc2cccc(Cl)c2)c(OCc2ccc(Br)cc2)c1. The maximum Gasteiger partial charge on any atom is 0.266 e. The monoisotopic (exact) mass is 496 g/mol. The Morgan fingerprint density at radius 3 is 2.61 bits per heavy atom. The van der Waals surface area contributed by atoms with Crippen LogP contribution >= 0.6 is 27.5 Å². The number of rotatable bonds is 7. The van der Waals surface area contributed by atoms with Crippen molar-refractivity contribution < 1.29 is 14.3 Å². The number of amides is 1. The summed E-state index contributed by atoms with van der Waals surface area (Å²) < 4.78 is 12.2. The highest BCUT2D eigenvalue weighted by atomic mass is 79.9. The molecule has 5 nitrogen and oxygen atoms in total. The highest BCUT2D eigenvalue weighted by Crippen LogP contribution is 2.28. The minimum absolute atomic E-state index is 0.0707. The quantitative estimate of drug-likeness (QED) is 0.310. The smallest absolute Gasteiger partial charge is 0.266 e. The Kier molecular flexibility index (Phi) is 7.71. The van der Waals surface area contributed by atoms with Crippen molar-refractivity contribution in [2.24, 2.45) is 0 Å². The molecule has 0 spiro atoms. The standard InChI is InChI=1S/C24H18BrClN2O3/c1-30-22-10-7-17(23(13-22)31-15-16-5-8-19(25)9-6-16)11-18(14-27)24(29)28-21-4-2-3-20(26)12-21/h2-13H,15H2,1H3,(H,28,29)/b18-11+. The molecule has 0 fully saturated rings. The average molecular weight is 498 g/mol. The molecule has 0 aromatic heterocycles. The molecule has 0 saturated carbocycles. The molecule has 1 N–H and O–H groups in total. The molecular weight excluding hydrogens is 480 g/mol. The third kappa shape index (κ3) is 6.35. The van der Waals surface area contributed by atoms with Gasteiger partial charge in [0.25, 0.3) is 5.91 Å². The van der Waals surface area contributed by atoms with Crippen LogP contribution in [0.4, 0.5) is 5.69 Å². The number of carbonyl (C=O) groups is 1. The molecule has 3 rings (SSSR count). The molecule has 0 atom stereocenters. The van der Waals surface area contributed by atoms with E-state index in [1.54, 1.807) is 49.6 Å². The number of methoxy groups -OCH3 is 1. The second-order valence-corrected chi connectivity index (χ2v) is 7.81. The van der Waals surface area contributed by atoms with Gasteiger partial charge in [-0.25, -0.2) is 0 Å². The number of nitriles is 1. The molecule has 156 valence electrons. The lowest BCUT2D eigenvalue weighted by atomic mass is 10.1. The molecule has 0 radical (unpaired) electrons. The lowest BCUT2D eigenvalue weighted by Crippen LogP contribution is -2.13. The van der Waals surface area contributed by atoms with E-state index in [1.165, 1.54) is 6.08 Å². The van der Waals surface area contributed by atoms with E-state index in [0.29, 0.717) is 34.4 Å². The van der Waals surface area contributed by atoms with Crippen molar-refractivity contribution in [3.05, 3.63) is 92.9 Å². The van der Waals surface area contributed by atoms with Gasteiger partial charge in [0, 0.05) is 26.8 Å². The van der Waals surface area contributed by atoms with Crippen LogP contribution in [0.15, 0.2) is 76.8 Å². The number of carbonyl (C=O) groups excluding carboxylic acids is 1. The van der Waals surface area contributed by atoms with Crippen molar-refractivity contribution in [3.63, 3.8) is 0 Å². The number of ether oxygens (including phenoxy) is 2. The zero-order chi connectivity index (χ0) is 22.2. The zero-order valence-corrected chi connectivity index (χ0v) is 18.9. The maximum absolute atomic E-state index is 12.6. The fraction of sp³-hybridized carbons (Fsp3) is 0.0833. The predicted octanol–water partition coefficient (Wildman–Crippen LogP) is 6.24. The predicted molar refractivity (Wildman–Crippen MR) is 125 cm³/mol. The van der Waals surface area contributed by atoms with Crippen molar-refractivity contribution in [3.8, 4) is 17.6 Å². The Balaban J connectivity index is 1.85. The van der Waals surface area contributed by atoms with Crippen LogP contribution in [0.1, 0.15) is 11.1 Å². The van der Waals surface area contributed by atoms with Gasteiger partial charge >= 0.3 is 0 Å². The van der Waals surface area contributed by atoms with E-state index in [0.717, 1.165) is 10.0 Å². The fourth-order valence-corrected chi connectivity index (χ4v) is 3.15. The first-order valence-electron chi connectivity index (χ1n) is 9.22. The summed E-state index contributed by atoms with van der Waals surface area (Å²) in [7, 11) is 1.56. The van der Waals surface area contributed by atoms with Crippen LogP contribution in [0.5, 0.6) is 11.5 Å². The summed E-state index contributed by atoms with van der Waals surface area (Å²) in [5, 5.41) is 12.7. The molecule has 7 heteroatoms. The normalized spacial score (nSPS) is 10.8. The molecule has 0 aliphatic rings. The van der Waals surface area contributed by atoms with Gasteiger partial charge in [-0.2, -0.15) is 5.26 Å². The number of benzene rings is 3. The topological polar surface area (TPSA) is 71.3 Å². The van der Waals surface area contributed by atoms with E-state index >= 15 is 0 Å². The molecule has 0 heterocycles. The summed E-state index contributed by atoms with van der Waals surface area (Å²) in [6.45, 7) is 0.317. The van der Waals surface area contributed by atoms with Gasteiger partial charge in [-0.15, -0.1) is 0 Å². The lowest BCUT2D eigenvalue weighted by Gasteiger charge is -2.12. The van der Waals surface area contributed by atoms with Crippen LogP contribution < -0.4 is 14.8 Å². The molecule has 31 heavy (non-hydrogen) atoms. The van der Waals surface area contributed by atoms with Gasteiger partial charge < -0.3 is 14.8 Å². The van der Waals surface area contributed by atoms with E-state index in [-0.39, 0.29) is 5.57 Å². The van der Waals surface area contributed by atoms with Crippen molar-refractivity contribution in [2.75, 3.05) is 12.4 Å². The molecule has 0 aliphatic carbocycles. The first-order chi connectivity index (χ1) is 15.0. The van der Waals surface area contributed by atoms with E-state index in [2.05, 4.69) is 21.2 Å². The number of anilines is 1. The van der Waals surface area contributed by atoms with E-state index in [9.17, 15) is 10.1 Å². The zero-order valence-electron chi connectivity index (χ0n) is 16.6. The summed E-state index contributed by atoms with van der Waals surface area (Å²) in [6.07, 6.45) is 1.48. The van der Waals surface area contributed by atoms with Gasteiger partial charge in [0.2, 0.25) is 0 Å². The van der Waals surface area contributed by atoms with Gasteiger partial charge in [-0.1, -0.05) is 45.7 Å². The Morgan fingerprint density at radius 2 is 1.94 bits per heavy atom. The van der Waals surface area contributed by atoms with Gasteiger partial charge in [-0.3, -0.25) is 4.79 Å². The first-order valence-corrected chi connectivity index (χ1v) is 10.4. The van der Waals surface area contributed by atoms with Crippen molar-refractivity contribution in [1.82, 2.24) is 0 Å². The Hall–Kier alpha value is -3.27. The highest BCUT2D eigenvalue weighted by molar-refractivity contribution is 9.10. The van der Waals surface area contributed by atoms with Crippen LogP contribution in [-0.2, 0) is 11.4 Å². The molecule has 0 aliphatic heterocycles. The minimum atomic E-state index is -0.542. The highest BCUT2D eigenvalue weighted by Gasteiger charge is 2.13. The molecule has 3 aromatic rings. The fourth-order valence-electron chi connectivity index (χ4n) is 2.70. The molecular formula is C24H18BrClN2O3. The van der Waals surface area contributed by atoms with Crippen LogP contribution in [0.3, 0.4) is 0 Å². The van der Waals surface area contributed by atoms with Crippen LogP contribution in [0.2, 0.25) is 5.02 Å². The third-order valence-electron chi connectivity index (χ3n) is 4.28. The molecule has 0 unspecified atom stereocenters. The first kappa shape index (κ1) is 22.4. The molecule has 0 bridgehead atoms. The third-order valence-corrected chi connectivity index (χ3v) is 5.04. The van der Waals surface area contributed by atoms with Crippen LogP contribution in [0, 0.1) is 11.3 Å². The Labute approximate surface area is 194 Å². The van der Waals surface area contributed by atoms with Gasteiger partial charge in [0.05, 0.1) is 7.11 Å². The minimum Gasteiger partial charge on any atom is -0.497 e. The van der Waals surface area contributed by atoms with Gasteiger partial charge in [0.15, 0.2) is 0 Å². The van der Waals surface area contributed by atoms with Crippen LogP contribution in [0.25, 0.3) is 6.08 Å². The summed E-state index contributed by atoms with van der Waals surface area (Å²) in [5.74, 6) is 0.551. The number of hydrogen-bond acceptors (Lipinski definition) is 4. The van der Waals surface area contributed by atoms with E-state index in [1.807, 2.05) is 30.3 Å². The van der Waals surface area contributed by atoms with Crippen molar-refractivity contribution in [1.29, 1.82) is 5.26 Å². The number of hydrogen-bond donors (Lipinski definition) is 1. The molecule has 1 amide bonds. The average Bonchev–Trinajstić information content (AvgIpc) is 2.77. The lowest BCUT2D eigenvalue weighted by molar-refractivity contribution is -0.112. The molecule has 3 aromatic carbocycles. The van der Waals surface area contributed by atoms with Crippen molar-refractivity contribution >= 4 is 45.2 Å². The van der Waals surface area contributed by atoms with E-state index in [4.69, 9.17) is 21.1 Å². The van der Waals surface area contributed by atoms with E-state index < -0.39 is 5.91 Å². The summed E-state index contributed by atoms with van der Waals surface area (Å²) >= 11 is 9.36. The number of nitrogens with zero attached hydrogens (tertiary/aromatic N) is 1. The van der Waals surface area contributed by atoms with Crippen LogP contribution in [-0.4, -0.2) is 13.0 Å². The number of halogens is 2. The number of nitrogens with one attached hydrogen (secondary N) is 1. The summed E-state index contributed by atoms with van der Waals surface area (Å²) in [4.78, 5) is 12.6. The second kappa shape index (κ2) is 10.7. The summed E-state index contributed by atoms with van der Waals surface area (Å²) in [5.41, 5.74) is 1.98. The van der Waals surface area contributed by atoms with Crippen molar-refractivity contribution in [2.45, 2.75) is 6.61 Å². The molecule has 0 saturated heterocycles. The Morgan fingerprint density at radius 1 is 1.16 bits per heavy atom. The maximum atomic E-state index is 12.6.